The number of pyridine rings is 1. The molecule has 0 saturated carbocycles. The Labute approximate surface area is 183 Å². The van der Waals surface area contributed by atoms with E-state index in [0.29, 0.717) is 30.2 Å². The van der Waals surface area contributed by atoms with Crippen molar-refractivity contribution in [1.82, 2.24) is 39.3 Å². The molecule has 0 fully saturated rings. The maximum atomic E-state index is 5.82. The number of imidazole rings is 1. The average Bonchev–Trinajstić information content (AvgIpc) is 3.56. The summed E-state index contributed by atoms with van der Waals surface area (Å²) in [4.78, 5) is 15.0. The number of rotatable bonds is 4. The monoisotopic (exact) mass is 427 g/mol. The van der Waals surface area contributed by atoms with Crippen LogP contribution in [0.1, 0.15) is 36.7 Å². The SMILES string of the molecule is CC(C)c1cccn2nc(-n3cnc4c3CCN(c3nnc(-c5ncccn5)o3)C4)cc12. The summed E-state index contributed by atoms with van der Waals surface area (Å²) in [5.74, 6) is 2.03. The highest BCUT2D eigenvalue weighted by molar-refractivity contribution is 5.59. The lowest BCUT2D eigenvalue weighted by Gasteiger charge is -2.24. The summed E-state index contributed by atoms with van der Waals surface area (Å²) in [5, 5.41) is 13.1. The maximum absolute atomic E-state index is 5.82. The van der Waals surface area contributed by atoms with Crippen molar-refractivity contribution in [2.75, 3.05) is 11.4 Å². The number of fused-ring (bicyclic) bond motifs is 2. The van der Waals surface area contributed by atoms with Gasteiger partial charge in [0, 0.05) is 37.6 Å². The van der Waals surface area contributed by atoms with Crippen molar-refractivity contribution in [3.63, 3.8) is 0 Å². The molecule has 10 nitrogen and oxygen atoms in total. The van der Waals surface area contributed by atoms with Crippen LogP contribution in [0.2, 0.25) is 0 Å². The average molecular weight is 427 g/mol. The van der Waals surface area contributed by atoms with E-state index in [1.807, 2.05) is 28.0 Å². The molecule has 6 rings (SSSR count). The Kier molecular flexibility index (Phi) is 4.23. The van der Waals surface area contributed by atoms with Crippen LogP contribution in [-0.2, 0) is 13.0 Å². The molecule has 0 unspecified atom stereocenters. The fraction of sp³-hybridized carbons (Fsp3) is 0.273. The molecule has 5 aromatic heterocycles. The minimum absolute atomic E-state index is 0.308. The highest BCUT2D eigenvalue weighted by Crippen LogP contribution is 2.28. The first-order valence-corrected chi connectivity index (χ1v) is 10.6. The Morgan fingerprint density at radius 1 is 1.06 bits per heavy atom. The second-order valence-corrected chi connectivity index (χ2v) is 8.09. The summed E-state index contributed by atoms with van der Waals surface area (Å²) in [6.45, 7) is 5.72. The molecule has 0 aromatic carbocycles. The number of aromatic nitrogens is 8. The van der Waals surface area contributed by atoms with Crippen molar-refractivity contribution in [1.29, 1.82) is 0 Å². The molecule has 0 amide bonds. The van der Waals surface area contributed by atoms with Crippen molar-refractivity contribution in [2.24, 2.45) is 0 Å². The van der Waals surface area contributed by atoms with Crippen LogP contribution in [0.5, 0.6) is 0 Å². The Balaban J connectivity index is 1.29. The van der Waals surface area contributed by atoms with E-state index in [-0.39, 0.29) is 0 Å². The standard InChI is InChI=1S/C22H21N9O/c1-14(2)15-5-3-9-31-18(15)11-19(28-31)30-13-25-16-12-29(10-6-17(16)30)22-27-26-21(32-22)20-23-7-4-8-24-20/h3-5,7-9,11,13-14H,6,10,12H2,1-2H3. The summed E-state index contributed by atoms with van der Waals surface area (Å²) in [6, 6.07) is 8.52. The van der Waals surface area contributed by atoms with Crippen LogP contribution in [0.4, 0.5) is 6.01 Å². The summed E-state index contributed by atoms with van der Waals surface area (Å²) in [5.41, 5.74) is 4.54. The quantitative estimate of drug-likeness (QED) is 0.431. The van der Waals surface area contributed by atoms with Gasteiger partial charge >= 0.3 is 6.01 Å². The molecule has 1 aliphatic rings. The first kappa shape index (κ1) is 18.7. The second kappa shape index (κ2) is 7.26. The van der Waals surface area contributed by atoms with Gasteiger partial charge in [0.05, 0.1) is 23.4 Å². The first-order valence-electron chi connectivity index (χ1n) is 10.6. The van der Waals surface area contributed by atoms with E-state index in [2.05, 4.69) is 55.7 Å². The van der Waals surface area contributed by atoms with Crippen LogP contribution in [0.15, 0.2) is 53.6 Å². The number of hydrogen-bond donors (Lipinski definition) is 0. The highest BCUT2D eigenvalue weighted by Gasteiger charge is 2.26. The predicted molar refractivity (Wildman–Crippen MR) is 116 cm³/mol. The normalized spacial score (nSPS) is 13.8. The Hall–Kier alpha value is -4.08. The number of anilines is 1. The second-order valence-electron chi connectivity index (χ2n) is 8.09. The summed E-state index contributed by atoms with van der Waals surface area (Å²) < 4.78 is 9.85. The lowest BCUT2D eigenvalue weighted by Crippen LogP contribution is -2.31. The van der Waals surface area contributed by atoms with Gasteiger partial charge in [-0.15, -0.1) is 10.2 Å². The zero-order valence-corrected chi connectivity index (χ0v) is 17.8. The van der Waals surface area contributed by atoms with Crippen molar-refractivity contribution in [2.45, 2.75) is 32.7 Å². The van der Waals surface area contributed by atoms with Gasteiger partial charge < -0.3 is 9.32 Å². The molecule has 0 spiro atoms. The fourth-order valence-electron chi connectivity index (χ4n) is 4.14. The van der Waals surface area contributed by atoms with Crippen LogP contribution >= 0.6 is 0 Å². The molecule has 0 N–H and O–H groups in total. The lowest BCUT2D eigenvalue weighted by atomic mass is 10.0. The Morgan fingerprint density at radius 2 is 1.94 bits per heavy atom. The molecule has 0 aliphatic carbocycles. The molecule has 160 valence electrons. The summed E-state index contributed by atoms with van der Waals surface area (Å²) in [6.07, 6.45) is 7.92. The van der Waals surface area contributed by atoms with E-state index < -0.39 is 0 Å². The van der Waals surface area contributed by atoms with Crippen LogP contribution < -0.4 is 4.90 Å². The molecule has 0 radical (unpaired) electrons. The van der Waals surface area contributed by atoms with Gasteiger partial charge in [0.15, 0.2) is 5.82 Å². The molecule has 1 aliphatic heterocycles. The molecule has 0 saturated heterocycles. The van der Waals surface area contributed by atoms with E-state index in [1.54, 1.807) is 18.5 Å². The van der Waals surface area contributed by atoms with Gasteiger partial charge in [0.2, 0.25) is 5.82 Å². The third-order valence-corrected chi connectivity index (χ3v) is 5.74. The molecular weight excluding hydrogens is 406 g/mol. The topological polar surface area (TPSA) is 103 Å². The van der Waals surface area contributed by atoms with Crippen LogP contribution in [0.25, 0.3) is 23.0 Å². The molecule has 0 bridgehead atoms. The zero-order chi connectivity index (χ0) is 21.7. The van der Waals surface area contributed by atoms with Gasteiger partial charge in [-0.3, -0.25) is 4.57 Å². The van der Waals surface area contributed by atoms with Gasteiger partial charge in [-0.25, -0.2) is 19.5 Å². The van der Waals surface area contributed by atoms with Crippen LogP contribution in [0.3, 0.4) is 0 Å². The molecule has 6 heterocycles. The molecule has 10 heteroatoms. The third kappa shape index (κ3) is 3.03. The van der Waals surface area contributed by atoms with E-state index in [4.69, 9.17) is 9.52 Å². The van der Waals surface area contributed by atoms with Crippen molar-refractivity contribution >= 4 is 11.5 Å². The van der Waals surface area contributed by atoms with Crippen LogP contribution in [0, 0.1) is 0 Å². The molecule has 5 aromatic rings. The molecule has 32 heavy (non-hydrogen) atoms. The fourth-order valence-corrected chi connectivity index (χ4v) is 4.14. The number of hydrogen-bond acceptors (Lipinski definition) is 8. The zero-order valence-electron chi connectivity index (χ0n) is 17.8. The molecular formula is C22H21N9O. The summed E-state index contributed by atoms with van der Waals surface area (Å²) >= 11 is 0. The Morgan fingerprint density at radius 3 is 2.78 bits per heavy atom. The lowest BCUT2D eigenvalue weighted by molar-refractivity contribution is 0.526. The predicted octanol–water partition coefficient (Wildman–Crippen LogP) is 3.05. The minimum Gasteiger partial charge on any atom is -0.400 e. The van der Waals surface area contributed by atoms with Gasteiger partial charge in [0.25, 0.3) is 5.89 Å². The van der Waals surface area contributed by atoms with E-state index in [9.17, 15) is 0 Å². The van der Waals surface area contributed by atoms with Crippen molar-refractivity contribution in [3.8, 4) is 17.5 Å². The van der Waals surface area contributed by atoms with Gasteiger partial charge in [-0.1, -0.05) is 25.0 Å². The van der Waals surface area contributed by atoms with E-state index in [1.165, 1.54) is 5.56 Å². The number of nitrogens with zero attached hydrogens (tertiary/aromatic N) is 9. The largest absolute Gasteiger partial charge is 0.400 e. The van der Waals surface area contributed by atoms with Crippen molar-refractivity contribution in [3.05, 3.63) is 66.1 Å². The van der Waals surface area contributed by atoms with E-state index >= 15 is 0 Å². The van der Waals surface area contributed by atoms with E-state index in [0.717, 1.165) is 35.7 Å². The van der Waals surface area contributed by atoms with Gasteiger partial charge in [-0.05, 0) is 23.6 Å². The van der Waals surface area contributed by atoms with Crippen LogP contribution in [-0.4, -0.2) is 45.9 Å². The highest BCUT2D eigenvalue weighted by atomic mass is 16.4. The molecule has 0 atom stereocenters. The maximum Gasteiger partial charge on any atom is 0.318 e. The third-order valence-electron chi connectivity index (χ3n) is 5.74. The van der Waals surface area contributed by atoms with Gasteiger partial charge in [-0.2, -0.15) is 0 Å². The smallest absolute Gasteiger partial charge is 0.318 e. The van der Waals surface area contributed by atoms with Gasteiger partial charge in [0.1, 0.15) is 6.33 Å². The first-order chi connectivity index (χ1) is 15.7. The minimum atomic E-state index is 0.308. The van der Waals surface area contributed by atoms with Crippen molar-refractivity contribution < 1.29 is 4.42 Å². The Bertz CT molecular complexity index is 1400. The summed E-state index contributed by atoms with van der Waals surface area (Å²) in [7, 11) is 0.